The summed E-state index contributed by atoms with van der Waals surface area (Å²) in [6, 6.07) is 6.11. The SMILES string of the molecule is C[C@H](NC(=O)CC1(N)CCCCC1)c1cccc(F)c1. The van der Waals surface area contributed by atoms with Crippen molar-refractivity contribution in [2.24, 2.45) is 5.73 Å². The number of amides is 1. The van der Waals surface area contributed by atoms with Crippen LogP contribution in [0.1, 0.15) is 57.1 Å². The van der Waals surface area contributed by atoms with E-state index in [4.69, 9.17) is 5.73 Å². The monoisotopic (exact) mass is 278 g/mol. The number of rotatable bonds is 4. The first kappa shape index (κ1) is 15.0. The van der Waals surface area contributed by atoms with Gasteiger partial charge in [0.1, 0.15) is 5.82 Å². The van der Waals surface area contributed by atoms with E-state index in [1.165, 1.54) is 18.6 Å². The van der Waals surface area contributed by atoms with Gasteiger partial charge in [0.15, 0.2) is 0 Å². The minimum atomic E-state index is -0.357. The van der Waals surface area contributed by atoms with Crippen LogP contribution in [0, 0.1) is 5.82 Å². The maximum Gasteiger partial charge on any atom is 0.222 e. The molecule has 0 aliphatic heterocycles. The van der Waals surface area contributed by atoms with Crippen LogP contribution in [-0.2, 0) is 4.79 Å². The molecule has 1 saturated carbocycles. The molecule has 4 heteroatoms. The fourth-order valence-corrected chi connectivity index (χ4v) is 2.90. The lowest BCUT2D eigenvalue weighted by molar-refractivity contribution is -0.123. The van der Waals surface area contributed by atoms with Gasteiger partial charge >= 0.3 is 0 Å². The predicted molar refractivity (Wildman–Crippen MR) is 77.6 cm³/mol. The first-order valence-corrected chi connectivity index (χ1v) is 7.32. The maximum atomic E-state index is 13.2. The fourth-order valence-electron chi connectivity index (χ4n) is 2.90. The minimum absolute atomic E-state index is 0.0499. The van der Waals surface area contributed by atoms with Crippen LogP contribution in [0.3, 0.4) is 0 Å². The summed E-state index contributed by atoms with van der Waals surface area (Å²) in [7, 11) is 0. The molecule has 1 fully saturated rings. The van der Waals surface area contributed by atoms with Crippen molar-refractivity contribution in [3.05, 3.63) is 35.6 Å². The van der Waals surface area contributed by atoms with Crippen molar-refractivity contribution < 1.29 is 9.18 Å². The van der Waals surface area contributed by atoms with Gasteiger partial charge < -0.3 is 11.1 Å². The van der Waals surface area contributed by atoms with E-state index in [1.807, 2.05) is 13.0 Å². The minimum Gasteiger partial charge on any atom is -0.350 e. The van der Waals surface area contributed by atoms with Crippen molar-refractivity contribution in [3.8, 4) is 0 Å². The molecule has 0 heterocycles. The van der Waals surface area contributed by atoms with E-state index in [-0.39, 0.29) is 23.3 Å². The quantitative estimate of drug-likeness (QED) is 0.889. The van der Waals surface area contributed by atoms with Crippen molar-refractivity contribution in [2.45, 2.75) is 57.0 Å². The molecule has 1 amide bonds. The molecular formula is C16H23FN2O. The molecule has 1 aliphatic rings. The summed E-state index contributed by atoms with van der Waals surface area (Å²) in [4.78, 5) is 12.1. The number of nitrogens with two attached hydrogens (primary N) is 1. The van der Waals surface area contributed by atoms with E-state index in [9.17, 15) is 9.18 Å². The first-order chi connectivity index (χ1) is 9.48. The molecule has 110 valence electrons. The van der Waals surface area contributed by atoms with Crippen molar-refractivity contribution in [1.82, 2.24) is 5.32 Å². The van der Waals surface area contributed by atoms with Crippen LogP contribution in [-0.4, -0.2) is 11.4 Å². The Balaban J connectivity index is 1.90. The third-order valence-electron chi connectivity index (χ3n) is 4.09. The summed E-state index contributed by atoms with van der Waals surface area (Å²) >= 11 is 0. The second-order valence-electron chi connectivity index (χ2n) is 5.94. The number of halogens is 1. The van der Waals surface area contributed by atoms with E-state index in [0.29, 0.717) is 6.42 Å². The Morgan fingerprint density at radius 1 is 1.40 bits per heavy atom. The normalized spacial score (nSPS) is 19.4. The van der Waals surface area contributed by atoms with Crippen LogP contribution < -0.4 is 11.1 Å². The molecule has 0 saturated heterocycles. The van der Waals surface area contributed by atoms with Crippen LogP contribution >= 0.6 is 0 Å². The first-order valence-electron chi connectivity index (χ1n) is 7.32. The summed E-state index contributed by atoms with van der Waals surface area (Å²) < 4.78 is 13.2. The zero-order chi connectivity index (χ0) is 14.6. The summed E-state index contributed by atoms with van der Waals surface area (Å²) in [5.41, 5.74) is 6.69. The zero-order valence-electron chi connectivity index (χ0n) is 12.0. The number of carbonyl (C=O) groups excluding carboxylic acids is 1. The Labute approximate surface area is 119 Å². The number of benzene rings is 1. The van der Waals surface area contributed by atoms with Gasteiger partial charge in [-0.1, -0.05) is 31.4 Å². The van der Waals surface area contributed by atoms with E-state index in [0.717, 1.165) is 31.2 Å². The molecule has 1 aliphatic carbocycles. The molecule has 3 nitrogen and oxygen atoms in total. The fraction of sp³-hybridized carbons (Fsp3) is 0.562. The Bertz CT molecular complexity index is 469. The Morgan fingerprint density at radius 2 is 2.10 bits per heavy atom. The van der Waals surface area contributed by atoms with E-state index >= 15 is 0 Å². The summed E-state index contributed by atoms with van der Waals surface area (Å²) in [5, 5.41) is 2.91. The average Bonchev–Trinajstić information content (AvgIpc) is 2.38. The lowest BCUT2D eigenvalue weighted by atomic mass is 9.80. The summed E-state index contributed by atoms with van der Waals surface area (Å²) in [5.74, 6) is -0.336. The molecule has 1 aromatic carbocycles. The van der Waals surface area contributed by atoms with Crippen LogP contribution in [0.4, 0.5) is 4.39 Å². The molecule has 20 heavy (non-hydrogen) atoms. The van der Waals surface area contributed by atoms with Crippen LogP contribution in [0.15, 0.2) is 24.3 Å². The van der Waals surface area contributed by atoms with Crippen molar-refractivity contribution in [2.75, 3.05) is 0 Å². The highest BCUT2D eigenvalue weighted by molar-refractivity contribution is 5.77. The van der Waals surface area contributed by atoms with Gasteiger partial charge in [-0.3, -0.25) is 4.79 Å². The van der Waals surface area contributed by atoms with Crippen molar-refractivity contribution in [3.63, 3.8) is 0 Å². The number of hydrogen-bond acceptors (Lipinski definition) is 2. The summed E-state index contributed by atoms with van der Waals surface area (Å²) in [6.45, 7) is 1.86. The lowest BCUT2D eigenvalue weighted by Gasteiger charge is -2.33. The van der Waals surface area contributed by atoms with E-state index < -0.39 is 0 Å². The molecular weight excluding hydrogens is 255 g/mol. The Morgan fingerprint density at radius 3 is 2.75 bits per heavy atom. The second-order valence-corrected chi connectivity index (χ2v) is 5.94. The highest BCUT2D eigenvalue weighted by Crippen LogP contribution is 2.28. The smallest absolute Gasteiger partial charge is 0.222 e. The molecule has 0 bridgehead atoms. The van der Waals surface area contributed by atoms with Crippen LogP contribution in [0.5, 0.6) is 0 Å². The van der Waals surface area contributed by atoms with E-state index in [2.05, 4.69) is 5.32 Å². The number of hydrogen-bond donors (Lipinski definition) is 2. The van der Waals surface area contributed by atoms with Gasteiger partial charge in [-0.15, -0.1) is 0 Å². The van der Waals surface area contributed by atoms with Gasteiger partial charge in [0.2, 0.25) is 5.91 Å². The van der Waals surface area contributed by atoms with Gasteiger partial charge in [-0.2, -0.15) is 0 Å². The van der Waals surface area contributed by atoms with Crippen molar-refractivity contribution >= 4 is 5.91 Å². The topological polar surface area (TPSA) is 55.1 Å². The zero-order valence-corrected chi connectivity index (χ0v) is 12.0. The maximum absolute atomic E-state index is 13.2. The van der Waals surface area contributed by atoms with Gasteiger partial charge in [-0.25, -0.2) is 4.39 Å². The van der Waals surface area contributed by atoms with Crippen molar-refractivity contribution in [1.29, 1.82) is 0 Å². The molecule has 3 N–H and O–H groups in total. The molecule has 1 atom stereocenters. The third-order valence-corrected chi connectivity index (χ3v) is 4.09. The molecule has 0 unspecified atom stereocenters. The van der Waals surface area contributed by atoms with Gasteiger partial charge in [0.05, 0.1) is 6.04 Å². The number of carbonyl (C=O) groups is 1. The average molecular weight is 278 g/mol. The van der Waals surface area contributed by atoms with Crippen LogP contribution in [0.25, 0.3) is 0 Å². The molecule has 0 spiro atoms. The second kappa shape index (κ2) is 6.35. The molecule has 0 radical (unpaired) electrons. The Hall–Kier alpha value is -1.42. The Kier molecular flexibility index (Phi) is 4.76. The largest absolute Gasteiger partial charge is 0.350 e. The number of nitrogens with one attached hydrogen (secondary N) is 1. The van der Waals surface area contributed by atoms with E-state index in [1.54, 1.807) is 6.07 Å². The van der Waals surface area contributed by atoms with Gasteiger partial charge in [0, 0.05) is 12.0 Å². The molecule has 0 aromatic heterocycles. The van der Waals surface area contributed by atoms with Gasteiger partial charge in [0.25, 0.3) is 0 Å². The molecule has 1 aromatic rings. The van der Waals surface area contributed by atoms with Gasteiger partial charge in [-0.05, 0) is 37.5 Å². The predicted octanol–water partition coefficient (Wildman–Crippen LogP) is 3.05. The third kappa shape index (κ3) is 4.04. The summed E-state index contributed by atoms with van der Waals surface area (Å²) in [6.07, 6.45) is 5.59. The standard InChI is InChI=1S/C16H23FN2O/c1-12(13-6-5-7-14(17)10-13)19-15(20)11-16(18)8-3-2-4-9-16/h5-7,10,12H,2-4,8-9,11,18H2,1H3,(H,19,20)/t12-/m0/s1. The molecule has 2 rings (SSSR count). The highest BCUT2D eigenvalue weighted by atomic mass is 19.1. The van der Waals surface area contributed by atoms with Crippen LogP contribution in [0.2, 0.25) is 0 Å². The highest BCUT2D eigenvalue weighted by Gasteiger charge is 2.30. The lowest BCUT2D eigenvalue weighted by Crippen LogP contribution is -2.46.